The van der Waals surface area contributed by atoms with Crippen molar-refractivity contribution in [3.63, 3.8) is 0 Å². The standard InChI is InChI=1S/C28H31F3N4/c1-3-28(30,31)22-10-4-7-18(24(22)29)14-32-26-21-13-23(35-15-27(16-35)11-6-12-27)19-8-5-9-20(19)25(21)33-17(2)34-26/h4,7,10,13H,3,5-6,8-9,11-12,14-16H2,1-2H3,(H,32,33,34). The summed E-state index contributed by atoms with van der Waals surface area (Å²) in [5.74, 6) is -2.77. The van der Waals surface area contributed by atoms with E-state index in [-0.39, 0.29) is 12.1 Å². The lowest BCUT2D eigenvalue weighted by Crippen LogP contribution is -2.60. The minimum Gasteiger partial charge on any atom is -0.370 e. The van der Waals surface area contributed by atoms with Crippen LogP contribution in [0.1, 0.15) is 67.1 Å². The van der Waals surface area contributed by atoms with Crippen molar-refractivity contribution < 1.29 is 13.2 Å². The fourth-order valence-corrected chi connectivity index (χ4v) is 6.17. The molecule has 1 aliphatic heterocycles. The maximum absolute atomic E-state index is 15.0. The number of nitrogens with zero attached hydrogens (tertiary/aromatic N) is 3. The van der Waals surface area contributed by atoms with Crippen LogP contribution < -0.4 is 10.2 Å². The van der Waals surface area contributed by atoms with E-state index in [1.165, 1.54) is 55.1 Å². The molecule has 0 amide bonds. The Bertz CT molecular complexity index is 1310. The number of fused-ring (bicyclic) bond motifs is 3. The van der Waals surface area contributed by atoms with Crippen molar-refractivity contribution in [2.24, 2.45) is 5.41 Å². The Balaban J connectivity index is 1.36. The van der Waals surface area contributed by atoms with Gasteiger partial charge in [-0.05, 0) is 56.2 Å². The number of alkyl halides is 2. The lowest BCUT2D eigenvalue weighted by molar-refractivity contribution is -0.0118. The molecule has 35 heavy (non-hydrogen) atoms. The predicted octanol–water partition coefficient (Wildman–Crippen LogP) is 6.67. The zero-order valence-electron chi connectivity index (χ0n) is 20.4. The zero-order valence-corrected chi connectivity index (χ0v) is 20.4. The van der Waals surface area contributed by atoms with Crippen LogP contribution >= 0.6 is 0 Å². The monoisotopic (exact) mass is 480 g/mol. The lowest BCUT2D eigenvalue weighted by Gasteiger charge is -2.57. The van der Waals surface area contributed by atoms with E-state index in [9.17, 15) is 8.78 Å². The van der Waals surface area contributed by atoms with Crippen LogP contribution in [-0.4, -0.2) is 23.1 Å². The number of benzene rings is 2. The molecule has 2 aromatic carbocycles. The third-order valence-electron chi connectivity index (χ3n) is 8.32. The maximum atomic E-state index is 15.0. The van der Waals surface area contributed by atoms with Gasteiger partial charge in [0.15, 0.2) is 0 Å². The van der Waals surface area contributed by atoms with E-state index in [0.29, 0.717) is 17.1 Å². The Hall–Kier alpha value is -2.83. The third kappa shape index (κ3) is 3.66. The van der Waals surface area contributed by atoms with E-state index in [1.54, 1.807) is 6.07 Å². The van der Waals surface area contributed by atoms with E-state index in [0.717, 1.165) is 43.3 Å². The summed E-state index contributed by atoms with van der Waals surface area (Å²) in [6, 6.07) is 6.41. The molecule has 184 valence electrons. The molecule has 0 bridgehead atoms. The summed E-state index contributed by atoms with van der Waals surface area (Å²) in [4.78, 5) is 11.9. The number of nitrogens with one attached hydrogen (secondary N) is 1. The first-order valence-corrected chi connectivity index (χ1v) is 12.8. The Kier molecular flexibility index (Phi) is 5.24. The number of aromatic nitrogens is 2. The Morgan fingerprint density at radius 2 is 1.86 bits per heavy atom. The number of halogens is 3. The van der Waals surface area contributed by atoms with Gasteiger partial charge in [0, 0.05) is 48.1 Å². The molecule has 3 aromatic rings. The molecule has 1 N–H and O–H groups in total. The molecule has 2 heterocycles. The van der Waals surface area contributed by atoms with Gasteiger partial charge >= 0.3 is 0 Å². The highest BCUT2D eigenvalue weighted by Crippen LogP contribution is 2.51. The molecule has 2 aliphatic carbocycles. The number of anilines is 2. The van der Waals surface area contributed by atoms with Crippen LogP contribution in [0, 0.1) is 18.2 Å². The number of hydrogen-bond acceptors (Lipinski definition) is 4. The molecule has 2 fully saturated rings. The van der Waals surface area contributed by atoms with Crippen molar-refractivity contribution >= 4 is 22.4 Å². The lowest BCUT2D eigenvalue weighted by atomic mass is 9.63. The molecule has 6 rings (SSSR count). The van der Waals surface area contributed by atoms with Crippen LogP contribution in [0.15, 0.2) is 24.3 Å². The molecule has 1 aromatic heterocycles. The van der Waals surface area contributed by atoms with Crippen LogP contribution in [0.3, 0.4) is 0 Å². The van der Waals surface area contributed by atoms with Crippen LogP contribution in [-0.2, 0) is 25.3 Å². The van der Waals surface area contributed by atoms with Gasteiger partial charge in [-0.25, -0.2) is 23.1 Å². The van der Waals surface area contributed by atoms with E-state index >= 15 is 4.39 Å². The fourth-order valence-electron chi connectivity index (χ4n) is 6.17. The molecule has 1 spiro atoms. The first-order chi connectivity index (χ1) is 16.8. The predicted molar refractivity (Wildman–Crippen MR) is 133 cm³/mol. The number of rotatable bonds is 6. The normalized spacial score (nSPS) is 18.5. The first kappa shape index (κ1) is 22.6. The van der Waals surface area contributed by atoms with Gasteiger partial charge in [-0.2, -0.15) is 0 Å². The van der Waals surface area contributed by atoms with Gasteiger partial charge in [-0.15, -0.1) is 0 Å². The average molecular weight is 481 g/mol. The smallest absolute Gasteiger partial charge is 0.275 e. The maximum Gasteiger partial charge on any atom is 0.275 e. The Morgan fingerprint density at radius 1 is 1.09 bits per heavy atom. The largest absolute Gasteiger partial charge is 0.370 e. The van der Waals surface area contributed by atoms with Crippen molar-refractivity contribution in [2.45, 2.75) is 71.3 Å². The fraction of sp³-hybridized carbons (Fsp3) is 0.500. The quantitative estimate of drug-likeness (QED) is 0.428. The molecular weight excluding hydrogens is 449 g/mol. The summed E-state index contributed by atoms with van der Waals surface area (Å²) in [5, 5.41) is 4.19. The SMILES string of the molecule is CCC(F)(F)c1cccc(CNc2nc(C)nc3c4c(c(N5CC6(CCC6)C5)cc23)CCC4)c1F. The number of hydrogen-bond donors (Lipinski definition) is 1. The molecule has 1 saturated carbocycles. The second kappa shape index (κ2) is 8.10. The average Bonchev–Trinajstić information content (AvgIpc) is 3.27. The third-order valence-corrected chi connectivity index (χ3v) is 8.32. The van der Waals surface area contributed by atoms with Crippen LogP contribution in [0.5, 0.6) is 0 Å². The van der Waals surface area contributed by atoms with Gasteiger partial charge in [0.05, 0.1) is 11.1 Å². The van der Waals surface area contributed by atoms with E-state index in [4.69, 9.17) is 4.98 Å². The van der Waals surface area contributed by atoms with Crippen molar-refractivity contribution in [3.8, 4) is 0 Å². The van der Waals surface area contributed by atoms with E-state index < -0.39 is 23.7 Å². The summed E-state index contributed by atoms with van der Waals surface area (Å²) in [6.45, 7) is 5.53. The van der Waals surface area contributed by atoms with Crippen LogP contribution in [0.25, 0.3) is 10.9 Å². The molecule has 0 unspecified atom stereocenters. The van der Waals surface area contributed by atoms with Crippen LogP contribution in [0.4, 0.5) is 24.7 Å². The topological polar surface area (TPSA) is 41.1 Å². The van der Waals surface area contributed by atoms with E-state index in [1.807, 2.05) is 6.92 Å². The number of aryl methyl sites for hydroxylation is 2. The van der Waals surface area contributed by atoms with Gasteiger partial charge in [-0.1, -0.05) is 31.5 Å². The second-order valence-corrected chi connectivity index (χ2v) is 10.6. The molecule has 0 atom stereocenters. The van der Waals surface area contributed by atoms with Gasteiger partial charge in [-0.3, -0.25) is 0 Å². The molecule has 4 nitrogen and oxygen atoms in total. The summed E-state index contributed by atoms with van der Waals surface area (Å²) in [5.41, 5.74) is 5.14. The molecule has 7 heteroatoms. The Morgan fingerprint density at radius 3 is 2.57 bits per heavy atom. The van der Waals surface area contributed by atoms with Gasteiger partial charge in [0.1, 0.15) is 17.5 Å². The summed E-state index contributed by atoms with van der Waals surface area (Å²) < 4.78 is 43.5. The van der Waals surface area contributed by atoms with Crippen molar-refractivity contribution in [1.29, 1.82) is 0 Å². The summed E-state index contributed by atoms with van der Waals surface area (Å²) in [6.07, 6.45) is 6.74. The highest BCUT2D eigenvalue weighted by atomic mass is 19.3. The minimum absolute atomic E-state index is 0.0737. The Labute approximate surface area is 204 Å². The highest BCUT2D eigenvalue weighted by Gasteiger charge is 2.48. The highest BCUT2D eigenvalue weighted by molar-refractivity contribution is 5.96. The molecule has 0 radical (unpaired) electrons. The molecule has 1 saturated heterocycles. The second-order valence-electron chi connectivity index (χ2n) is 10.6. The first-order valence-electron chi connectivity index (χ1n) is 12.8. The van der Waals surface area contributed by atoms with Gasteiger partial charge in [0.25, 0.3) is 5.92 Å². The van der Waals surface area contributed by atoms with Gasteiger partial charge < -0.3 is 10.2 Å². The van der Waals surface area contributed by atoms with Gasteiger partial charge in [0.2, 0.25) is 0 Å². The van der Waals surface area contributed by atoms with Crippen molar-refractivity contribution in [2.75, 3.05) is 23.3 Å². The van der Waals surface area contributed by atoms with Crippen molar-refractivity contribution in [3.05, 3.63) is 58.2 Å². The summed E-state index contributed by atoms with van der Waals surface area (Å²) >= 11 is 0. The molecule has 3 aliphatic rings. The van der Waals surface area contributed by atoms with Crippen LogP contribution in [0.2, 0.25) is 0 Å². The summed E-state index contributed by atoms with van der Waals surface area (Å²) in [7, 11) is 0. The minimum atomic E-state index is -3.19. The molecular formula is C28H31F3N4. The van der Waals surface area contributed by atoms with Crippen molar-refractivity contribution in [1.82, 2.24) is 9.97 Å². The zero-order chi connectivity index (χ0) is 24.4. The van der Waals surface area contributed by atoms with E-state index in [2.05, 4.69) is 21.3 Å².